The first-order chi connectivity index (χ1) is 13.0. The Morgan fingerprint density at radius 3 is 2.41 bits per heavy atom. The van der Waals surface area contributed by atoms with E-state index in [-0.39, 0.29) is 0 Å². The first-order valence-electron chi connectivity index (χ1n) is 9.98. The molecule has 1 aromatic rings. The first-order valence-corrected chi connectivity index (χ1v) is 10.4. The number of aromatic nitrogens is 2. The van der Waals surface area contributed by atoms with Crippen LogP contribution in [0.15, 0.2) is 6.07 Å². The number of ether oxygens (including phenoxy) is 1. The van der Waals surface area contributed by atoms with E-state index in [1.807, 2.05) is 0 Å². The molecule has 0 aliphatic carbocycles. The predicted molar refractivity (Wildman–Crippen MR) is 115 cm³/mol. The van der Waals surface area contributed by atoms with E-state index in [0.717, 1.165) is 37.8 Å². The summed E-state index contributed by atoms with van der Waals surface area (Å²) in [5.74, 6) is 3.90. The highest BCUT2D eigenvalue weighted by atomic mass is 32.1. The lowest BCUT2D eigenvalue weighted by atomic mass is 9.92. The van der Waals surface area contributed by atoms with Gasteiger partial charge in [0.05, 0.1) is 6.61 Å². The van der Waals surface area contributed by atoms with E-state index >= 15 is 0 Å². The highest BCUT2D eigenvalue weighted by molar-refractivity contribution is 7.80. The summed E-state index contributed by atoms with van der Waals surface area (Å²) in [6.07, 6.45) is 3.72. The van der Waals surface area contributed by atoms with E-state index in [1.54, 1.807) is 7.11 Å². The Morgan fingerprint density at radius 2 is 1.78 bits per heavy atom. The number of nitrogens with one attached hydrogen (secondary N) is 2. The summed E-state index contributed by atoms with van der Waals surface area (Å²) < 4.78 is 5.05. The normalized spacial score (nSPS) is 22.8. The van der Waals surface area contributed by atoms with Crippen molar-refractivity contribution in [3.05, 3.63) is 6.07 Å². The molecule has 0 aromatic carbocycles. The van der Waals surface area contributed by atoms with Gasteiger partial charge in [0.25, 0.3) is 0 Å². The molecule has 0 amide bonds. The van der Waals surface area contributed by atoms with E-state index in [2.05, 4.69) is 40.3 Å². The second kappa shape index (κ2) is 9.50. The number of rotatable bonds is 6. The summed E-state index contributed by atoms with van der Waals surface area (Å²) in [6, 6.07) is 2.14. The Labute approximate surface area is 167 Å². The Hall–Kier alpha value is -1.67. The molecule has 2 aliphatic rings. The topological polar surface area (TPSA) is 65.6 Å². The van der Waals surface area contributed by atoms with Gasteiger partial charge in [0.15, 0.2) is 5.11 Å². The average Bonchev–Trinajstić information content (AvgIpc) is 3.15. The second-order valence-corrected chi connectivity index (χ2v) is 8.24. The average molecular weight is 393 g/mol. The third-order valence-electron chi connectivity index (χ3n) is 5.14. The van der Waals surface area contributed by atoms with E-state index in [4.69, 9.17) is 26.9 Å². The summed E-state index contributed by atoms with van der Waals surface area (Å²) in [7, 11) is 1.67. The van der Waals surface area contributed by atoms with Crippen LogP contribution >= 0.6 is 12.2 Å². The Kier molecular flexibility index (Phi) is 7.07. The minimum Gasteiger partial charge on any atom is -0.383 e. The minimum absolute atomic E-state index is 0.525. The third kappa shape index (κ3) is 5.65. The molecule has 2 aliphatic heterocycles. The van der Waals surface area contributed by atoms with Gasteiger partial charge < -0.3 is 25.2 Å². The third-order valence-corrected chi connectivity index (χ3v) is 5.39. The molecule has 0 radical (unpaired) electrons. The molecule has 0 spiro atoms. The fraction of sp³-hybridized carbons (Fsp3) is 0.737. The lowest BCUT2D eigenvalue weighted by Crippen LogP contribution is -2.39. The van der Waals surface area contributed by atoms with Crippen LogP contribution in [0.2, 0.25) is 0 Å². The van der Waals surface area contributed by atoms with Gasteiger partial charge in [0.1, 0.15) is 11.6 Å². The van der Waals surface area contributed by atoms with Crippen LogP contribution < -0.4 is 20.4 Å². The largest absolute Gasteiger partial charge is 0.383 e. The molecule has 0 saturated carbocycles. The van der Waals surface area contributed by atoms with Crippen LogP contribution in [0.1, 0.15) is 33.1 Å². The molecule has 1 aromatic heterocycles. The summed E-state index contributed by atoms with van der Waals surface area (Å²) >= 11 is 5.38. The second-order valence-electron chi connectivity index (χ2n) is 7.83. The van der Waals surface area contributed by atoms with Crippen LogP contribution in [-0.2, 0) is 4.74 Å². The number of methoxy groups -OCH3 is 1. The van der Waals surface area contributed by atoms with Crippen molar-refractivity contribution < 1.29 is 4.74 Å². The quantitative estimate of drug-likeness (QED) is 0.565. The zero-order valence-electron chi connectivity index (χ0n) is 16.7. The lowest BCUT2D eigenvalue weighted by Gasteiger charge is -2.36. The van der Waals surface area contributed by atoms with Crippen LogP contribution in [0.5, 0.6) is 0 Å². The molecular formula is C19H32N6OS. The predicted octanol–water partition coefficient (Wildman–Crippen LogP) is 2.49. The maximum absolute atomic E-state index is 5.38. The van der Waals surface area contributed by atoms with E-state index < -0.39 is 0 Å². The molecule has 2 N–H and O–H groups in total. The molecule has 2 atom stereocenters. The highest BCUT2D eigenvalue weighted by Crippen LogP contribution is 2.29. The molecule has 2 saturated heterocycles. The smallest absolute Gasteiger partial charge is 0.232 e. The molecule has 8 heteroatoms. The number of nitrogens with zero attached hydrogens (tertiary/aromatic N) is 4. The van der Waals surface area contributed by atoms with E-state index in [0.29, 0.717) is 36.0 Å². The van der Waals surface area contributed by atoms with Gasteiger partial charge in [-0.1, -0.05) is 13.8 Å². The Bertz CT molecular complexity index is 627. The Morgan fingerprint density at radius 1 is 1.15 bits per heavy atom. The SMILES string of the molecule is COCCNC(=S)Nc1nc(N2CCCC2)cc(N2C[C@H](C)C[C@H](C)C2)n1. The minimum atomic E-state index is 0.525. The van der Waals surface area contributed by atoms with E-state index in [1.165, 1.54) is 19.3 Å². The van der Waals surface area contributed by atoms with Gasteiger partial charge >= 0.3 is 0 Å². The molecule has 0 unspecified atom stereocenters. The summed E-state index contributed by atoms with van der Waals surface area (Å²) in [5.41, 5.74) is 0. The van der Waals surface area contributed by atoms with Gasteiger partial charge in [-0.3, -0.25) is 0 Å². The summed E-state index contributed by atoms with van der Waals surface area (Å²) in [4.78, 5) is 14.3. The van der Waals surface area contributed by atoms with Crippen molar-refractivity contribution >= 4 is 34.9 Å². The van der Waals surface area contributed by atoms with Crippen molar-refractivity contribution in [2.45, 2.75) is 33.1 Å². The van der Waals surface area contributed by atoms with Gasteiger partial charge in [0, 0.05) is 45.9 Å². The van der Waals surface area contributed by atoms with Crippen LogP contribution in [0.25, 0.3) is 0 Å². The molecule has 27 heavy (non-hydrogen) atoms. The number of thiocarbonyl (C=S) groups is 1. The lowest BCUT2D eigenvalue weighted by molar-refractivity contribution is 0.204. The van der Waals surface area contributed by atoms with Crippen LogP contribution in [-0.4, -0.2) is 61.5 Å². The number of piperidine rings is 1. The molecule has 3 rings (SSSR count). The van der Waals surface area contributed by atoms with E-state index in [9.17, 15) is 0 Å². The summed E-state index contributed by atoms with van der Waals surface area (Å²) in [5, 5.41) is 6.80. The zero-order chi connectivity index (χ0) is 19.2. The molecule has 7 nitrogen and oxygen atoms in total. The van der Waals surface area contributed by atoms with Crippen molar-refractivity contribution in [2.75, 3.05) is 61.6 Å². The van der Waals surface area contributed by atoms with Crippen molar-refractivity contribution in [2.24, 2.45) is 11.8 Å². The van der Waals surface area contributed by atoms with Crippen molar-refractivity contribution in [3.8, 4) is 0 Å². The highest BCUT2D eigenvalue weighted by Gasteiger charge is 2.25. The zero-order valence-corrected chi connectivity index (χ0v) is 17.5. The fourth-order valence-electron chi connectivity index (χ4n) is 4.01. The molecule has 2 fully saturated rings. The standard InChI is InChI=1S/C19H32N6OS/c1-14-10-15(2)13-25(12-14)17-11-16(24-7-4-5-8-24)21-18(22-17)23-19(27)20-6-9-26-3/h11,14-15H,4-10,12-13H2,1-3H3,(H2,20,21,22,23,27)/t14-,15+. The van der Waals surface area contributed by atoms with Crippen molar-refractivity contribution in [1.29, 1.82) is 0 Å². The van der Waals surface area contributed by atoms with Gasteiger partial charge in [0.2, 0.25) is 5.95 Å². The summed E-state index contributed by atoms with van der Waals surface area (Å²) in [6.45, 7) is 10.1. The van der Waals surface area contributed by atoms with Gasteiger partial charge in [-0.25, -0.2) is 0 Å². The van der Waals surface area contributed by atoms with Crippen LogP contribution in [0.4, 0.5) is 17.6 Å². The monoisotopic (exact) mass is 392 g/mol. The molecule has 150 valence electrons. The molecular weight excluding hydrogens is 360 g/mol. The molecule has 0 bridgehead atoms. The van der Waals surface area contributed by atoms with Crippen molar-refractivity contribution in [3.63, 3.8) is 0 Å². The number of hydrogen-bond acceptors (Lipinski definition) is 6. The number of hydrogen-bond donors (Lipinski definition) is 2. The van der Waals surface area contributed by atoms with Gasteiger partial charge in [-0.2, -0.15) is 9.97 Å². The maximum atomic E-state index is 5.38. The fourth-order valence-corrected chi connectivity index (χ4v) is 4.20. The van der Waals surface area contributed by atoms with Crippen molar-refractivity contribution in [1.82, 2.24) is 15.3 Å². The van der Waals surface area contributed by atoms with Crippen LogP contribution in [0.3, 0.4) is 0 Å². The van der Waals surface area contributed by atoms with Crippen LogP contribution in [0, 0.1) is 11.8 Å². The molecule has 3 heterocycles. The van der Waals surface area contributed by atoms with Gasteiger partial charge in [-0.05, 0) is 43.3 Å². The number of anilines is 3. The van der Waals surface area contributed by atoms with Gasteiger partial charge in [-0.15, -0.1) is 0 Å². The maximum Gasteiger partial charge on any atom is 0.232 e. The first kappa shape index (κ1) is 20.1. The Balaban J connectivity index is 1.79.